The Labute approximate surface area is 285 Å². The first-order valence-electron chi connectivity index (χ1n) is 17.1. The number of aliphatic hydroxyl groups is 1. The van der Waals surface area contributed by atoms with Gasteiger partial charge < -0.3 is 14.7 Å². The summed E-state index contributed by atoms with van der Waals surface area (Å²) in [5.74, 6) is 1.15. The maximum Gasteiger partial charge on any atom is 0.193 e. The van der Waals surface area contributed by atoms with Gasteiger partial charge in [-0.1, -0.05) is 80.1 Å². The van der Waals surface area contributed by atoms with E-state index in [1.807, 2.05) is 45.1 Å². The molecule has 0 aromatic carbocycles. The molecule has 7 heteroatoms. The van der Waals surface area contributed by atoms with E-state index in [2.05, 4.69) is 63.9 Å². The zero-order valence-electron chi connectivity index (χ0n) is 28.1. The third-order valence-corrected chi connectivity index (χ3v) is 9.98. The molecule has 0 saturated carbocycles. The maximum atomic E-state index is 14.4. The number of nitrogens with zero attached hydrogens (tertiary/aromatic N) is 2. The molecule has 2 fully saturated rings. The van der Waals surface area contributed by atoms with Crippen LogP contribution in [0.1, 0.15) is 73.1 Å². The molecule has 45 heavy (non-hydrogen) atoms. The summed E-state index contributed by atoms with van der Waals surface area (Å²) in [6.07, 6.45) is 26.8. The van der Waals surface area contributed by atoms with Gasteiger partial charge >= 0.3 is 0 Å². The van der Waals surface area contributed by atoms with Gasteiger partial charge in [-0.25, -0.2) is 0 Å². The zero-order valence-corrected chi connectivity index (χ0v) is 30.5. The van der Waals surface area contributed by atoms with Crippen molar-refractivity contribution in [3.63, 3.8) is 0 Å². The number of hydrogen-bond acceptors (Lipinski definition) is 6. The van der Waals surface area contributed by atoms with Crippen molar-refractivity contribution in [3.8, 4) is 0 Å². The van der Waals surface area contributed by atoms with Gasteiger partial charge in [-0.3, -0.25) is 9.69 Å². The van der Waals surface area contributed by atoms with E-state index < -0.39 is 0 Å². The summed E-state index contributed by atoms with van der Waals surface area (Å²) in [5, 5.41) is 10.2. The van der Waals surface area contributed by atoms with Crippen molar-refractivity contribution in [1.29, 1.82) is 0 Å². The number of rotatable bonds is 15. The van der Waals surface area contributed by atoms with Crippen LogP contribution < -0.4 is 0 Å². The average Bonchev–Trinajstić information content (AvgIpc) is 3.80. The summed E-state index contributed by atoms with van der Waals surface area (Å²) in [5.41, 5.74) is 2.41. The Morgan fingerprint density at radius 1 is 1.07 bits per heavy atom. The molecule has 0 amide bonds. The topological polar surface area (TPSA) is 53.0 Å². The minimum absolute atomic E-state index is 0.0187. The SMILES string of the molecule is CC.CC/C=C(\C=C/[C@H](C)C1=C(C(=O)C(/C=C\CCN2CCCC2)=C/[C@H](C)Br)C2=CC=C(O)C=CC2S1)OCCN1CCCC1. The lowest BCUT2D eigenvalue weighted by Gasteiger charge is -2.16. The highest BCUT2D eigenvalue weighted by Gasteiger charge is 2.35. The molecule has 4 rings (SSSR count). The number of halogens is 1. The van der Waals surface area contributed by atoms with E-state index in [1.165, 1.54) is 51.9 Å². The average molecular weight is 700 g/mol. The van der Waals surface area contributed by atoms with Gasteiger partial charge in [0.25, 0.3) is 0 Å². The van der Waals surface area contributed by atoms with E-state index in [-0.39, 0.29) is 27.5 Å². The molecular weight excluding hydrogens is 644 g/mol. The van der Waals surface area contributed by atoms with Crippen LogP contribution >= 0.6 is 27.7 Å². The zero-order chi connectivity index (χ0) is 32.6. The quantitative estimate of drug-likeness (QED) is 0.0797. The van der Waals surface area contributed by atoms with Gasteiger partial charge in [0, 0.05) is 39.9 Å². The molecule has 1 aliphatic carbocycles. The number of ketones is 1. The standard InChI is InChI=1S/C36H49BrN2O3S.C2H6/c1-4-11-31(42-25-24-39-22-9-10-23-39)16-13-27(2)36-34(32-17-14-30(40)15-18-33(32)43-36)35(41)29(26-28(3)37)12-5-6-19-38-20-7-8-21-38;1-2/h5,11-18,26-28,33,40H,4,6-10,19-25H2,1-3H3;1-2H3/b12-5-,16-13-,29-26+,31-11+;/t27-,28-,33?;/m0./s1. The molecular formula is C38H55BrN2O3S. The number of thioether (sulfide) groups is 1. The van der Waals surface area contributed by atoms with E-state index in [9.17, 15) is 9.90 Å². The molecule has 5 nitrogen and oxygen atoms in total. The van der Waals surface area contributed by atoms with E-state index >= 15 is 0 Å². The first kappa shape index (κ1) is 37.4. The van der Waals surface area contributed by atoms with Crippen LogP contribution in [0.5, 0.6) is 0 Å². The van der Waals surface area contributed by atoms with Gasteiger partial charge in [0.1, 0.15) is 18.1 Å². The smallest absolute Gasteiger partial charge is 0.193 e. The van der Waals surface area contributed by atoms with Crippen molar-refractivity contribution in [2.75, 3.05) is 45.9 Å². The van der Waals surface area contributed by atoms with Gasteiger partial charge in [-0.05, 0) is 102 Å². The molecule has 0 bridgehead atoms. The number of fused-ring (bicyclic) bond motifs is 1. The Morgan fingerprint density at radius 3 is 2.38 bits per heavy atom. The molecule has 1 N–H and O–H groups in total. The summed E-state index contributed by atoms with van der Waals surface area (Å²) in [4.78, 5) is 20.4. The fraction of sp³-hybridized carbons (Fsp3) is 0.553. The van der Waals surface area contributed by atoms with Crippen LogP contribution in [0.4, 0.5) is 0 Å². The fourth-order valence-electron chi connectivity index (χ4n) is 5.93. The number of ether oxygens (including phenoxy) is 1. The van der Waals surface area contributed by atoms with Crippen LogP contribution in [0, 0.1) is 5.92 Å². The van der Waals surface area contributed by atoms with E-state index in [0.29, 0.717) is 12.2 Å². The van der Waals surface area contributed by atoms with Crippen LogP contribution in [0.25, 0.3) is 0 Å². The van der Waals surface area contributed by atoms with Crippen LogP contribution in [0.3, 0.4) is 0 Å². The number of allylic oxidation sites excluding steroid dienone is 11. The van der Waals surface area contributed by atoms with E-state index in [0.717, 1.165) is 47.7 Å². The van der Waals surface area contributed by atoms with Crippen molar-refractivity contribution in [2.45, 2.75) is 83.2 Å². The van der Waals surface area contributed by atoms with Crippen LogP contribution in [-0.2, 0) is 9.53 Å². The lowest BCUT2D eigenvalue weighted by atomic mass is 9.90. The predicted molar refractivity (Wildman–Crippen MR) is 197 cm³/mol. The lowest BCUT2D eigenvalue weighted by molar-refractivity contribution is -0.111. The van der Waals surface area contributed by atoms with Crippen LogP contribution in [0.15, 0.2) is 93.9 Å². The molecule has 3 heterocycles. The highest BCUT2D eigenvalue weighted by atomic mass is 79.9. The Kier molecular flexibility index (Phi) is 16.8. The van der Waals surface area contributed by atoms with E-state index in [4.69, 9.17) is 4.74 Å². The number of alkyl halides is 1. The van der Waals surface area contributed by atoms with Crippen molar-refractivity contribution >= 4 is 33.5 Å². The monoisotopic (exact) mass is 698 g/mol. The molecule has 4 aliphatic rings. The second kappa shape index (κ2) is 20.2. The molecule has 0 spiro atoms. The summed E-state index contributed by atoms with van der Waals surface area (Å²) in [6.45, 7) is 17.7. The number of likely N-dealkylation sites (tertiary alicyclic amines) is 2. The van der Waals surface area contributed by atoms with E-state index in [1.54, 1.807) is 23.9 Å². The Morgan fingerprint density at radius 2 is 1.73 bits per heavy atom. The normalized spacial score (nSPS) is 22.8. The van der Waals surface area contributed by atoms with Crippen molar-refractivity contribution in [1.82, 2.24) is 9.80 Å². The van der Waals surface area contributed by atoms with Crippen LogP contribution in [-0.4, -0.2) is 76.6 Å². The van der Waals surface area contributed by atoms with Gasteiger partial charge in [0.05, 0.1) is 5.25 Å². The first-order chi connectivity index (χ1) is 21.9. The third-order valence-electron chi connectivity index (χ3n) is 8.22. The Balaban J connectivity index is 0.00000271. The number of Topliss-reactive ketones (excluding diaryl/α,β-unsaturated/α-hetero) is 1. The lowest BCUT2D eigenvalue weighted by Crippen LogP contribution is -2.23. The van der Waals surface area contributed by atoms with Gasteiger partial charge in [-0.2, -0.15) is 0 Å². The summed E-state index contributed by atoms with van der Waals surface area (Å²) >= 11 is 5.36. The third kappa shape index (κ3) is 11.9. The second-order valence-corrected chi connectivity index (χ2v) is 14.4. The molecule has 248 valence electrons. The van der Waals surface area contributed by atoms with Gasteiger partial charge in [-0.15, -0.1) is 11.8 Å². The summed E-state index contributed by atoms with van der Waals surface area (Å²) in [7, 11) is 0. The van der Waals surface area contributed by atoms with Crippen molar-refractivity contribution in [3.05, 3.63) is 93.9 Å². The molecule has 0 radical (unpaired) electrons. The molecule has 2 saturated heterocycles. The molecule has 1 unspecified atom stereocenters. The largest absolute Gasteiger partial charge is 0.508 e. The Hall–Kier alpha value is -2.06. The van der Waals surface area contributed by atoms with Crippen molar-refractivity contribution in [2.24, 2.45) is 5.92 Å². The van der Waals surface area contributed by atoms with Gasteiger partial charge in [0.2, 0.25) is 0 Å². The molecule has 3 aliphatic heterocycles. The Bertz CT molecular complexity index is 1210. The number of aliphatic hydroxyl groups excluding tert-OH is 1. The minimum atomic E-state index is -0.0187. The number of carbonyl (C=O) groups is 1. The fourth-order valence-corrected chi connectivity index (χ4v) is 7.59. The number of hydrogen-bond donors (Lipinski definition) is 1. The van der Waals surface area contributed by atoms with Crippen LogP contribution in [0.2, 0.25) is 0 Å². The minimum Gasteiger partial charge on any atom is -0.508 e. The first-order valence-corrected chi connectivity index (χ1v) is 18.9. The second-order valence-electron chi connectivity index (χ2n) is 11.8. The highest BCUT2D eigenvalue weighted by Crippen LogP contribution is 2.48. The molecule has 3 atom stereocenters. The highest BCUT2D eigenvalue weighted by molar-refractivity contribution is 9.09. The molecule has 0 aromatic rings. The van der Waals surface area contributed by atoms with Gasteiger partial charge in [0.15, 0.2) is 5.78 Å². The molecule has 0 aromatic heterocycles. The predicted octanol–water partition coefficient (Wildman–Crippen LogP) is 9.24. The van der Waals surface area contributed by atoms with Crippen molar-refractivity contribution < 1.29 is 14.6 Å². The summed E-state index contributed by atoms with van der Waals surface area (Å²) < 4.78 is 6.19. The maximum absolute atomic E-state index is 14.4. The number of carbonyl (C=O) groups excluding carboxylic acids is 1. The summed E-state index contributed by atoms with van der Waals surface area (Å²) in [6, 6.07) is 0.